The van der Waals surface area contributed by atoms with E-state index in [4.69, 9.17) is 0 Å². The molecule has 2 nitrogen and oxygen atoms in total. The van der Waals surface area contributed by atoms with Gasteiger partial charge >= 0.3 is 0 Å². The standard InChI is InChI=1S/C15H13F2NOS/c16-15(17)6-11(7-15)18-14(19)13-9-20-8-12(13)10-4-2-1-3-5-10/h1-5,8-9,11H,6-7H2,(H,18,19). The third-order valence-electron chi connectivity index (χ3n) is 3.42. The third-order valence-corrected chi connectivity index (χ3v) is 4.16. The summed E-state index contributed by atoms with van der Waals surface area (Å²) in [5.41, 5.74) is 2.36. The van der Waals surface area contributed by atoms with Crippen LogP contribution < -0.4 is 5.32 Å². The summed E-state index contributed by atoms with van der Waals surface area (Å²) in [6.45, 7) is 0. The highest BCUT2D eigenvalue weighted by Gasteiger charge is 2.46. The Hall–Kier alpha value is -1.75. The molecular weight excluding hydrogens is 280 g/mol. The van der Waals surface area contributed by atoms with E-state index in [1.807, 2.05) is 35.7 Å². The molecule has 0 bridgehead atoms. The van der Waals surface area contributed by atoms with E-state index in [0.29, 0.717) is 5.56 Å². The van der Waals surface area contributed by atoms with Gasteiger partial charge in [-0.1, -0.05) is 30.3 Å². The molecule has 0 aliphatic heterocycles. The lowest BCUT2D eigenvalue weighted by molar-refractivity contribution is -0.0901. The van der Waals surface area contributed by atoms with Crippen molar-refractivity contribution in [3.63, 3.8) is 0 Å². The lowest BCUT2D eigenvalue weighted by Gasteiger charge is -2.35. The zero-order chi connectivity index (χ0) is 14.2. The first-order valence-corrected chi connectivity index (χ1v) is 7.30. The van der Waals surface area contributed by atoms with Gasteiger partial charge in [-0.15, -0.1) is 0 Å². The molecule has 3 rings (SSSR count). The third kappa shape index (κ3) is 2.58. The average Bonchev–Trinajstić information content (AvgIpc) is 2.86. The summed E-state index contributed by atoms with van der Waals surface area (Å²) in [6.07, 6.45) is -0.521. The van der Waals surface area contributed by atoms with E-state index in [0.717, 1.165) is 11.1 Å². The molecule has 104 valence electrons. The maximum Gasteiger partial charge on any atom is 0.252 e. The van der Waals surface area contributed by atoms with Crippen molar-refractivity contribution in [1.82, 2.24) is 5.32 Å². The van der Waals surface area contributed by atoms with E-state index in [1.165, 1.54) is 11.3 Å². The van der Waals surface area contributed by atoms with Crippen LogP contribution in [-0.2, 0) is 0 Å². The minimum atomic E-state index is -2.62. The van der Waals surface area contributed by atoms with Gasteiger partial charge in [0.15, 0.2) is 0 Å². The zero-order valence-electron chi connectivity index (χ0n) is 10.6. The van der Waals surface area contributed by atoms with Crippen molar-refractivity contribution >= 4 is 17.2 Å². The number of halogens is 2. The van der Waals surface area contributed by atoms with Crippen molar-refractivity contribution in [2.24, 2.45) is 0 Å². The topological polar surface area (TPSA) is 29.1 Å². The molecule has 0 radical (unpaired) electrons. The fourth-order valence-corrected chi connectivity index (χ4v) is 3.18. The first-order valence-electron chi connectivity index (χ1n) is 6.35. The first-order chi connectivity index (χ1) is 9.55. The lowest BCUT2D eigenvalue weighted by atomic mass is 9.88. The predicted molar refractivity (Wildman–Crippen MR) is 75.2 cm³/mol. The number of hydrogen-bond donors (Lipinski definition) is 1. The Labute approximate surface area is 119 Å². The van der Waals surface area contributed by atoms with Crippen LogP contribution in [0.2, 0.25) is 0 Å². The molecular formula is C15H13F2NOS. The minimum Gasteiger partial charge on any atom is -0.349 e. The average molecular weight is 293 g/mol. The van der Waals surface area contributed by atoms with Gasteiger partial charge in [-0.05, 0) is 10.9 Å². The number of alkyl halides is 2. The highest BCUT2D eigenvalue weighted by molar-refractivity contribution is 7.08. The van der Waals surface area contributed by atoms with E-state index in [9.17, 15) is 13.6 Å². The van der Waals surface area contributed by atoms with E-state index >= 15 is 0 Å². The molecule has 1 aromatic heterocycles. The quantitative estimate of drug-likeness (QED) is 0.912. The Morgan fingerprint density at radius 1 is 1.20 bits per heavy atom. The van der Waals surface area contributed by atoms with Crippen molar-refractivity contribution in [1.29, 1.82) is 0 Å². The van der Waals surface area contributed by atoms with Gasteiger partial charge in [0, 0.05) is 29.8 Å². The molecule has 0 unspecified atom stereocenters. The fraction of sp³-hybridized carbons (Fsp3) is 0.267. The predicted octanol–water partition coefficient (Wildman–Crippen LogP) is 3.94. The van der Waals surface area contributed by atoms with Crippen molar-refractivity contribution < 1.29 is 13.6 Å². The summed E-state index contributed by atoms with van der Waals surface area (Å²) < 4.78 is 25.6. The molecule has 1 aromatic carbocycles. The number of hydrogen-bond acceptors (Lipinski definition) is 2. The molecule has 0 saturated heterocycles. The normalized spacial score (nSPS) is 17.5. The van der Waals surface area contributed by atoms with Crippen LogP contribution in [0.4, 0.5) is 8.78 Å². The molecule has 1 heterocycles. The van der Waals surface area contributed by atoms with Gasteiger partial charge in [0.25, 0.3) is 11.8 Å². The van der Waals surface area contributed by atoms with Gasteiger partial charge < -0.3 is 5.32 Å². The summed E-state index contributed by atoms with van der Waals surface area (Å²) in [4.78, 5) is 12.2. The van der Waals surface area contributed by atoms with Gasteiger partial charge in [0.1, 0.15) is 0 Å². The summed E-state index contributed by atoms with van der Waals surface area (Å²) in [6, 6.07) is 9.15. The molecule has 1 amide bonds. The SMILES string of the molecule is O=C(NC1CC(F)(F)C1)c1cscc1-c1ccccc1. The van der Waals surface area contributed by atoms with Gasteiger partial charge in [-0.2, -0.15) is 11.3 Å². The number of benzene rings is 1. The van der Waals surface area contributed by atoms with Gasteiger partial charge in [-0.3, -0.25) is 4.79 Å². The number of nitrogens with one attached hydrogen (secondary N) is 1. The molecule has 1 saturated carbocycles. The molecule has 1 fully saturated rings. The van der Waals surface area contributed by atoms with Crippen LogP contribution in [0, 0.1) is 0 Å². The Morgan fingerprint density at radius 2 is 1.90 bits per heavy atom. The van der Waals surface area contributed by atoms with E-state index < -0.39 is 12.0 Å². The summed E-state index contributed by atoms with van der Waals surface area (Å²) in [5, 5.41) is 6.33. The van der Waals surface area contributed by atoms with Crippen LogP contribution >= 0.6 is 11.3 Å². The number of carbonyl (C=O) groups is 1. The largest absolute Gasteiger partial charge is 0.349 e. The number of amides is 1. The minimum absolute atomic E-state index is 0.260. The maximum atomic E-state index is 12.8. The van der Waals surface area contributed by atoms with Crippen molar-refractivity contribution in [3.8, 4) is 11.1 Å². The van der Waals surface area contributed by atoms with Crippen LogP contribution in [0.15, 0.2) is 41.1 Å². The molecule has 1 aliphatic rings. The maximum absolute atomic E-state index is 12.8. The highest BCUT2D eigenvalue weighted by atomic mass is 32.1. The second-order valence-electron chi connectivity index (χ2n) is 5.00. The Kier molecular flexibility index (Phi) is 3.30. The molecule has 5 heteroatoms. The monoisotopic (exact) mass is 293 g/mol. The highest BCUT2D eigenvalue weighted by Crippen LogP contribution is 2.37. The van der Waals surface area contributed by atoms with Gasteiger partial charge in [-0.25, -0.2) is 8.78 Å². The van der Waals surface area contributed by atoms with Crippen LogP contribution in [0.5, 0.6) is 0 Å². The Bertz CT molecular complexity index is 616. The molecule has 0 spiro atoms. The van der Waals surface area contributed by atoms with Crippen LogP contribution in [0.25, 0.3) is 11.1 Å². The van der Waals surface area contributed by atoms with E-state index in [2.05, 4.69) is 5.32 Å². The molecule has 0 atom stereocenters. The lowest BCUT2D eigenvalue weighted by Crippen LogP contribution is -2.50. The van der Waals surface area contributed by atoms with Gasteiger partial charge in [0.05, 0.1) is 5.56 Å². The van der Waals surface area contributed by atoms with Crippen LogP contribution in [0.3, 0.4) is 0 Å². The molecule has 20 heavy (non-hydrogen) atoms. The second kappa shape index (κ2) is 4.98. The number of carbonyl (C=O) groups excluding carboxylic acids is 1. The van der Waals surface area contributed by atoms with E-state index in [-0.39, 0.29) is 18.7 Å². The smallest absolute Gasteiger partial charge is 0.252 e. The summed E-state index contributed by atoms with van der Waals surface area (Å²) >= 11 is 1.43. The van der Waals surface area contributed by atoms with Gasteiger partial charge in [0.2, 0.25) is 0 Å². The van der Waals surface area contributed by atoms with Crippen LogP contribution in [-0.4, -0.2) is 17.9 Å². The van der Waals surface area contributed by atoms with Crippen molar-refractivity contribution in [3.05, 3.63) is 46.7 Å². The molecule has 1 N–H and O–H groups in total. The number of rotatable bonds is 3. The number of thiophene rings is 1. The van der Waals surface area contributed by atoms with Crippen LogP contribution in [0.1, 0.15) is 23.2 Å². The second-order valence-corrected chi connectivity index (χ2v) is 5.74. The molecule has 2 aromatic rings. The Balaban J connectivity index is 1.75. The molecule has 1 aliphatic carbocycles. The summed E-state index contributed by atoms with van der Waals surface area (Å²) in [5.74, 6) is -2.89. The van der Waals surface area contributed by atoms with Crippen molar-refractivity contribution in [2.45, 2.75) is 24.8 Å². The Morgan fingerprint density at radius 3 is 2.55 bits per heavy atom. The van der Waals surface area contributed by atoms with E-state index in [1.54, 1.807) is 5.38 Å². The fourth-order valence-electron chi connectivity index (χ4n) is 2.34. The van der Waals surface area contributed by atoms with Crippen molar-refractivity contribution in [2.75, 3.05) is 0 Å². The summed E-state index contributed by atoms with van der Waals surface area (Å²) in [7, 11) is 0. The first kappa shape index (κ1) is 13.2. The zero-order valence-corrected chi connectivity index (χ0v) is 11.4.